The first-order valence-electron chi connectivity index (χ1n) is 6.98. The van der Waals surface area contributed by atoms with Gasteiger partial charge in [0.2, 0.25) is 11.9 Å². The number of hydrazine groups is 1. The van der Waals surface area contributed by atoms with Crippen LogP contribution in [-0.2, 0) is 0 Å². The lowest BCUT2D eigenvalue weighted by Gasteiger charge is -2.26. The Balaban J connectivity index is 2.27. The molecule has 9 heteroatoms. The van der Waals surface area contributed by atoms with Gasteiger partial charge < -0.3 is 19.6 Å². The van der Waals surface area contributed by atoms with E-state index in [4.69, 9.17) is 10.6 Å². The van der Waals surface area contributed by atoms with Gasteiger partial charge >= 0.3 is 6.01 Å². The van der Waals surface area contributed by atoms with E-state index < -0.39 is 6.10 Å². The van der Waals surface area contributed by atoms with Crippen LogP contribution in [0.1, 0.15) is 13.3 Å². The number of likely N-dealkylation sites (N-methyl/N-ethyl adjacent to an activating group) is 1. The zero-order valence-electron chi connectivity index (χ0n) is 12.7. The summed E-state index contributed by atoms with van der Waals surface area (Å²) in [6, 6.07) is 0.359. The Morgan fingerprint density at radius 2 is 2.19 bits per heavy atom. The number of ether oxygens (including phenoxy) is 1. The van der Waals surface area contributed by atoms with E-state index in [1.807, 2.05) is 25.9 Å². The molecule has 0 aliphatic carbocycles. The fraction of sp³-hybridized carbons (Fsp3) is 0.750. The molecule has 9 nitrogen and oxygen atoms in total. The van der Waals surface area contributed by atoms with Crippen LogP contribution in [0.5, 0.6) is 6.01 Å². The Morgan fingerprint density at radius 3 is 2.81 bits per heavy atom. The summed E-state index contributed by atoms with van der Waals surface area (Å²) in [4.78, 5) is 16.6. The van der Waals surface area contributed by atoms with Crippen molar-refractivity contribution in [3.8, 4) is 6.01 Å². The lowest BCUT2D eigenvalue weighted by molar-refractivity contribution is 0.191. The van der Waals surface area contributed by atoms with Crippen molar-refractivity contribution in [2.75, 3.05) is 44.1 Å². The highest BCUT2D eigenvalue weighted by Crippen LogP contribution is 2.25. The standard InChI is InChI=1S/C12H23N7O2/c1-4-21-12-15-10(17-13)14-11(16-12)19-7-9(20)5-8(19)6-18(2)3/h8-9,20H,4-7,13H2,1-3H3,(H,14,15,16,17). The molecule has 0 bridgehead atoms. The van der Waals surface area contributed by atoms with Crippen molar-refractivity contribution in [1.29, 1.82) is 0 Å². The van der Waals surface area contributed by atoms with Crippen LogP contribution in [0.2, 0.25) is 0 Å². The number of aromatic nitrogens is 3. The van der Waals surface area contributed by atoms with Gasteiger partial charge in [-0.05, 0) is 27.4 Å². The fourth-order valence-corrected chi connectivity index (χ4v) is 2.46. The molecule has 21 heavy (non-hydrogen) atoms. The van der Waals surface area contributed by atoms with E-state index in [-0.39, 0.29) is 18.0 Å². The number of anilines is 2. The van der Waals surface area contributed by atoms with Crippen LogP contribution >= 0.6 is 0 Å². The summed E-state index contributed by atoms with van der Waals surface area (Å²) in [6.45, 7) is 3.60. The van der Waals surface area contributed by atoms with Gasteiger partial charge in [0.25, 0.3) is 0 Å². The average molecular weight is 297 g/mol. The van der Waals surface area contributed by atoms with Gasteiger partial charge in [0.15, 0.2) is 0 Å². The van der Waals surface area contributed by atoms with Crippen LogP contribution in [0.4, 0.5) is 11.9 Å². The Labute approximate surface area is 124 Å². The molecule has 1 aliphatic rings. The molecule has 0 radical (unpaired) electrons. The van der Waals surface area contributed by atoms with E-state index in [1.54, 1.807) is 0 Å². The second kappa shape index (κ2) is 6.83. The van der Waals surface area contributed by atoms with Crippen LogP contribution in [0, 0.1) is 0 Å². The number of nitrogens with two attached hydrogens (primary N) is 1. The minimum atomic E-state index is -0.392. The summed E-state index contributed by atoms with van der Waals surface area (Å²) in [5.41, 5.74) is 2.41. The van der Waals surface area contributed by atoms with E-state index >= 15 is 0 Å². The molecule has 1 saturated heterocycles. The minimum absolute atomic E-state index is 0.137. The molecule has 118 valence electrons. The molecule has 0 amide bonds. The highest BCUT2D eigenvalue weighted by molar-refractivity contribution is 5.40. The van der Waals surface area contributed by atoms with E-state index in [2.05, 4.69) is 25.3 Å². The fourth-order valence-electron chi connectivity index (χ4n) is 2.46. The van der Waals surface area contributed by atoms with Gasteiger partial charge in [-0.3, -0.25) is 5.43 Å². The molecule has 0 aromatic carbocycles. The van der Waals surface area contributed by atoms with Crippen molar-refractivity contribution in [3.63, 3.8) is 0 Å². The molecule has 2 rings (SSSR count). The number of nitrogen functional groups attached to an aromatic ring is 1. The first-order chi connectivity index (χ1) is 10.0. The van der Waals surface area contributed by atoms with E-state index in [0.717, 1.165) is 6.54 Å². The van der Waals surface area contributed by atoms with Gasteiger partial charge in [-0.2, -0.15) is 15.0 Å². The van der Waals surface area contributed by atoms with E-state index in [1.165, 1.54) is 0 Å². The number of nitrogens with one attached hydrogen (secondary N) is 1. The molecule has 0 saturated carbocycles. The molecule has 1 aromatic rings. The maximum Gasteiger partial charge on any atom is 0.323 e. The molecule has 2 atom stereocenters. The van der Waals surface area contributed by atoms with Crippen LogP contribution < -0.4 is 20.9 Å². The third-order valence-corrected chi connectivity index (χ3v) is 3.23. The number of β-amino-alcohol motifs (C(OH)–C–C–N with tert-alkyl or cyclic N) is 1. The summed E-state index contributed by atoms with van der Waals surface area (Å²) >= 11 is 0. The number of aliphatic hydroxyl groups excluding tert-OH is 1. The average Bonchev–Trinajstić information content (AvgIpc) is 2.78. The maximum absolute atomic E-state index is 9.94. The monoisotopic (exact) mass is 297 g/mol. The SMILES string of the molecule is CCOc1nc(NN)nc(N2CC(O)CC2CN(C)C)n1. The van der Waals surface area contributed by atoms with Crippen molar-refractivity contribution < 1.29 is 9.84 Å². The summed E-state index contributed by atoms with van der Waals surface area (Å²) in [5.74, 6) is 6.10. The number of nitrogens with zero attached hydrogens (tertiary/aromatic N) is 5. The Hall–Kier alpha value is -1.71. The molecule has 1 aromatic heterocycles. The largest absolute Gasteiger partial charge is 0.464 e. The second-order valence-electron chi connectivity index (χ2n) is 5.28. The molecule has 0 spiro atoms. The van der Waals surface area contributed by atoms with Crippen molar-refractivity contribution in [3.05, 3.63) is 0 Å². The van der Waals surface area contributed by atoms with Gasteiger partial charge in [-0.15, -0.1) is 0 Å². The summed E-state index contributed by atoms with van der Waals surface area (Å²) < 4.78 is 5.33. The Bertz CT molecular complexity index is 471. The van der Waals surface area contributed by atoms with Crippen molar-refractivity contribution in [2.45, 2.75) is 25.5 Å². The number of rotatable bonds is 6. The highest BCUT2D eigenvalue weighted by Gasteiger charge is 2.33. The molecule has 2 unspecified atom stereocenters. The van der Waals surface area contributed by atoms with E-state index in [9.17, 15) is 5.11 Å². The molecular formula is C12H23N7O2. The Morgan fingerprint density at radius 1 is 1.43 bits per heavy atom. The normalized spacial score (nSPS) is 21.9. The van der Waals surface area contributed by atoms with Gasteiger partial charge in [0.05, 0.1) is 12.7 Å². The third-order valence-electron chi connectivity index (χ3n) is 3.23. The smallest absolute Gasteiger partial charge is 0.323 e. The molecule has 1 aliphatic heterocycles. The van der Waals surface area contributed by atoms with Crippen LogP contribution in [0.25, 0.3) is 0 Å². The van der Waals surface area contributed by atoms with Crippen LogP contribution in [-0.4, -0.2) is 70.9 Å². The van der Waals surface area contributed by atoms with Crippen LogP contribution in [0.15, 0.2) is 0 Å². The number of hydrogen-bond acceptors (Lipinski definition) is 9. The van der Waals surface area contributed by atoms with Crippen molar-refractivity contribution in [1.82, 2.24) is 19.9 Å². The predicted molar refractivity (Wildman–Crippen MR) is 79.1 cm³/mol. The first kappa shape index (κ1) is 15.7. The molecular weight excluding hydrogens is 274 g/mol. The summed E-state index contributed by atoms with van der Waals surface area (Å²) in [5, 5.41) is 9.94. The first-order valence-corrected chi connectivity index (χ1v) is 6.98. The third kappa shape index (κ3) is 3.90. The zero-order chi connectivity index (χ0) is 15.4. The quantitative estimate of drug-likeness (QED) is 0.452. The van der Waals surface area contributed by atoms with Gasteiger partial charge in [-0.1, -0.05) is 0 Å². The zero-order valence-corrected chi connectivity index (χ0v) is 12.7. The predicted octanol–water partition coefficient (Wildman–Crippen LogP) is -0.943. The minimum Gasteiger partial charge on any atom is -0.464 e. The topological polar surface area (TPSA) is 113 Å². The van der Waals surface area contributed by atoms with Crippen molar-refractivity contribution in [2.24, 2.45) is 5.84 Å². The van der Waals surface area contributed by atoms with Crippen LogP contribution in [0.3, 0.4) is 0 Å². The van der Waals surface area contributed by atoms with Crippen molar-refractivity contribution >= 4 is 11.9 Å². The summed E-state index contributed by atoms with van der Waals surface area (Å²) in [7, 11) is 3.99. The highest BCUT2D eigenvalue weighted by atomic mass is 16.5. The lowest BCUT2D eigenvalue weighted by Crippen LogP contribution is -2.38. The molecule has 1 fully saturated rings. The molecule has 4 N–H and O–H groups in total. The second-order valence-corrected chi connectivity index (χ2v) is 5.28. The van der Waals surface area contributed by atoms with E-state index in [0.29, 0.717) is 25.5 Å². The number of aliphatic hydroxyl groups is 1. The van der Waals surface area contributed by atoms with Gasteiger partial charge in [0, 0.05) is 19.1 Å². The maximum atomic E-state index is 9.94. The van der Waals surface area contributed by atoms with Gasteiger partial charge in [-0.25, -0.2) is 5.84 Å². The summed E-state index contributed by atoms with van der Waals surface area (Å²) in [6.07, 6.45) is 0.288. The Kier molecular flexibility index (Phi) is 5.10. The molecule has 2 heterocycles. The number of hydrogen-bond donors (Lipinski definition) is 3. The van der Waals surface area contributed by atoms with Gasteiger partial charge in [0.1, 0.15) is 0 Å². The lowest BCUT2D eigenvalue weighted by atomic mass is 10.2.